The summed E-state index contributed by atoms with van der Waals surface area (Å²) in [6.45, 7) is 10.3. The number of ether oxygens (including phenoxy) is 1. The third-order valence-corrected chi connectivity index (χ3v) is 8.11. The highest BCUT2D eigenvalue weighted by Gasteiger charge is 2.21. The molecule has 146 valence electrons. The van der Waals surface area contributed by atoms with Gasteiger partial charge in [0.05, 0.1) is 17.6 Å². The molecular weight excluding hydrogens is 604 g/mol. The molecule has 0 fully saturated rings. The quantitative estimate of drug-likeness (QED) is 0.109. The van der Waals surface area contributed by atoms with E-state index in [2.05, 4.69) is 89.5 Å². The van der Waals surface area contributed by atoms with Crippen molar-refractivity contribution in [2.24, 2.45) is 0 Å². The van der Waals surface area contributed by atoms with E-state index in [9.17, 15) is 0 Å². The number of anilines is 2. The number of halogens is 2. The summed E-state index contributed by atoms with van der Waals surface area (Å²) in [7, 11) is -1.13. The second kappa shape index (κ2) is 9.01. The van der Waals surface area contributed by atoms with Crippen molar-refractivity contribution in [2.45, 2.75) is 37.0 Å². The van der Waals surface area contributed by atoms with Crippen LogP contribution in [0.5, 0.6) is 0 Å². The van der Waals surface area contributed by atoms with Gasteiger partial charge in [0, 0.05) is 25.3 Å². The normalized spacial score (nSPS) is 12.1. The van der Waals surface area contributed by atoms with E-state index in [-0.39, 0.29) is 0 Å². The Balaban J connectivity index is 1.94. The summed E-state index contributed by atoms with van der Waals surface area (Å²) in [6.07, 6.45) is 3.88. The monoisotopic (exact) mass is 627 g/mol. The minimum Gasteiger partial charge on any atom is -0.361 e. The van der Waals surface area contributed by atoms with Crippen LogP contribution < -0.4 is 4.90 Å². The molecule has 3 aromatic rings. The molecule has 6 nitrogen and oxygen atoms in total. The summed E-state index contributed by atoms with van der Waals surface area (Å²) in [4.78, 5) is 11.5. The van der Waals surface area contributed by atoms with Crippen LogP contribution >= 0.6 is 56.7 Å². The lowest BCUT2D eigenvalue weighted by atomic mass is 10.4. The number of fused-ring (bicyclic) bond motifs is 1. The first-order valence-corrected chi connectivity index (χ1v) is 15.7. The molecule has 27 heavy (non-hydrogen) atoms. The highest BCUT2D eigenvalue weighted by molar-refractivity contribution is 14.1. The van der Waals surface area contributed by atoms with Gasteiger partial charge in [0.15, 0.2) is 11.5 Å². The van der Waals surface area contributed by atoms with Gasteiger partial charge >= 0.3 is 0 Å². The summed E-state index contributed by atoms with van der Waals surface area (Å²) in [6, 6.07) is 3.26. The molecule has 0 N–H and O–H groups in total. The van der Waals surface area contributed by atoms with Crippen LogP contribution in [0.1, 0.15) is 11.4 Å². The lowest BCUT2D eigenvalue weighted by molar-refractivity contribution is 0.153. The molecule has 0 aliphatic rings. The number of aryl methyl sites for hydroxylation is 1. The summed E-state index contributed by atoms with van der Waals surface area (Å²) in [5, 5.41) is 1.03. The van der Waals surface area contributed by atoms with Crippen LogP contribution in [0, 0.1) is 10.6 Å². The maximum absolute atomic E-state index is 6.08. The number of imidazole rings is 1. The Labute approximate surface area is 192 Å². The molecule has 0 spiro atoms. The minimum absolute atomic E-state index is 0.447. The Bertz CT molecular complexity index is 924. The SMILES string of the molecule is Cc1cn2c(I)cnc2c(N(COCC[Si](C)(C)C)c2cc(CI)ns2)n1. The Hall–Kier alpha value is -0.313. The van der Waals surface area contributed by atoms with Crippen molar-refractivity contribution in [3.05, 3.63) is 33.5 Å². The predicted molar refractivity (Wildman–Crippen MR) is 131 cm³/mol. The predicted octanol–water partition coefficient (Wildman–Crippen LogP) is 5.48. The van der Waals surface area contributed by atoms with Crippen molar-refractivity contribution in [3.8, 4) is 0 Å². The number of rotatable bonds is 8. The third-order valence-electron chi connectivity index (χ3n) is 3.97. The first-order chi connectivity index (χ1) is 12.8. The number of alkyl halides is 1. The van der Waals surface area contributed by atoms with Gasteiger partial charge in [-0.1, -0.05) is 42.2 Å². The van der Waals surface area contributed by atoms with Crippen molar-refractivity contribution < 1.29 is 4.74 Å². The van der Waals surface area contributed by atoms with E-state index < -0.39 is 8.07 Å². The molecule has 3 heterocycles. The zero-order valence-electron chi connectivity index (χ0n) is 15.9. The molecule has 3 aromatic heterocycles. The van der Waals surface area contributed by atoms with E-state index in [0.717, 1.165) is 48.6 Å². The van der Waals surface area contributed by atoms with E-state index in [4.69, 9.17) is 9.72 Å². The first kappa shape index (κ1) is 21.4. The van der Waals surface area contributed by atoms with Crippen LogP contribution in [-0.4, -0.2) is 40.2 Å². The van der Waals surface area contributed by atoms with Crippen LogP contribution in [0.2, 0.25) is 25.7 Å². The minimum atomic E-state index is -1.13. The Morgan fingerprint density at radius 1 is 1.33 bits per heavy atom. The maximum atomic E-state index is 6.08. The Kier molecular flexibility index (Phi) is 7.14. The van der Waals surface area contributed by atoms with E-state index in [1.807, 2.05) is 19.3 Å². The van der Waals surface area contributed by atoms with E-state index >= 15 is 0 Å². The van der Waals surface area contributed by atoms with Crippen molar-refractivity contribution in [1.29, 1.82) is 0 Å². The van der Waals surface area contributed by atoms with Crippen molar-refractivity contribution in [2.75, 3.05) is 18.2 Å². The molecule has 10 heteroatoms. The van der Waals surface area contributed by atoms with Gasteiger partial charge < -0.3 is 4.74 Å². The van der Waals surface area contributed by atoms with Gasteiger partial charge in [-0.05, 0) is 53.2 Å². The second-order valence-electron chi connectivity index (χ2n) is 7.55. The lowest BCUT2D eigenvalue weighted by Gasteiger charge is -2.23. The Morgan fingerprint density at radius 3 is 2.78 bits per heavy atom. The van der Waals surface area contributed by atoms with Gasteiger partial charge in [-0.2, -0.15) is 4.37 Å². The number of hydrogen-bond donors (Lipinski definition) is 0. The smallest absolute Gasteiger partial charge is 0.181 e. The fourth-order valence-electron chi connectivity index (χ4n) is 2.50. The fraction of sp³-hybridized carbons (Fsp3) is 0.471. The molecule has 0 aliphatic heterocycles. The molecule has 3 rings (SSSR count). The van der Waals surface area contributed by atoms with Gasteiger partial charge in [-0.15, -0.1) is 0 Å². The lowest BCUT2D eigenvalue weighted by Crippen LogP contribution is -2.26. The van der Waals surface area contributed by atoms with E-state index in [0.29, 0.717) is 6.73 Å². The molecule has 0 aliphatic carbocycles. The number of nitrogens with zero attached hydrogens (tertiary/aromatic N) is 5. The standard InChI is InChI=1S/C17H23I2N5OSSi/c1-12-10-23-14(19)9-20-16(23)17(21-12)24(11-25-5-6-27(2,3)4)15-7-13(8-18)22-26-15/h7,9-10H,5-6,8,11H2,1-4H3. The molecule has 0 saturated carbocycles. The van der Waals surface area contributed by atoms with Crippen molar-refractivity contribution in [3.63, 3.8) is 0 Å². The van der Waals surface area contributed by atoms with E-state index in [1.165, 1.54) is 11.5 Å². The van der Waals surface area contributed by atoms with Gasteiger partial charge in [0.2, 0.25) is 0 Å². The third kappa shape index (κ3) is 5.39. The average Bonchev–Trinajstić information content (AvgIpc) is 3.21. The molecule has 0 unspecified atom stereocenters. The van der Waals surface area contributed by atoms with E-state index in [1.54, 1.807) is 0 Å². The van der Waals surface area contributed by atoms with Crippen molar-refractivity contribution in [1.82, 2.24) is 18.7 Å². The molecule has 0 bridgehead atoms. The van der Waals surface area contributed by atoms with Crippen molar-refractivity contribution >= 4 is 81.3 Å². The molecule has 0 radical (unpaired) electrons. The largest absolute Gasteiger partial charge is 0.361 e. The molecule has 0 aromatic carbocycles. The van der Waals surface area contributed by atoms with Gasteiger partial charge in [-0.3, -0.25) is 9.30 Å². The fourth-order valence-corrected chi connectivity index (χ4v) is 5.14. The van der Waals surface area contributed by atoms with Gasteiger partial charge in [0.25, 0.3) is 0 Å². The average molecular weight is 627 g/mol. The summed E-state index contributed by atoms with van der Waals surface area (Å²) < 4.78 is 14.6. The van der Waals surface area contributed by atoms with Crippen LogP contribution in [0.3, 0.4) is 0 Å². The van der Waals surface area contributed by atoms with Crippen LogP contribution in [0.15, 0.2) is 18.5 Å². The second-order valence-corrected chi connectivity index (χ2v) is 15.8. The first-order valence-electron chi connectivity index (χ1n) is 8.65. The van der Waals surface area contributed by atoms with Crippen LogP contribution in [-0.2, 0) is 9.16 Å². The van der Waals surface area contributed by atoms with Gasteiger partial charge in [0.1, 0.15) is 15.4 Å². The highest BCUT2D eigenvalue weighted by atomic mass is 127. The zero-order valence-corrected chi connectivity index (χ0v) is 22.0. The molecule has 0 atom stereocenters. The number of aromatic nitrogens is 4. The van der Waals surface area contributed by atoms with Gasteiger partial charge in [-0.25, -0.2) is 9.97 Å². The summed E-state index contributed by atoms with van der Waals surface area (Å²) >= 11 is 6.11. The number of hydrogen-bond acceptors (Lipinski definition) is 6. The van der Waals surface area contributed by atoms with Crippen LogP contribution in [0.25, 0.3) is 5.65 Å². The summed E-state index contributed by atoms with van der Waals surface area (Å²) in [5.74, 6) is 0.814. The maximum Gasteiger partial charge on any atom is 0.181 e. The summed E-state index contributed by atoms with van der Waals surface area (Å²) in [5.41, 5.74) is 2.85. The Morgan fingerprint density at radius 2 is 2.11 bits per heavy atom. The molecular formula is C17H23I2N5OSSi. The molecule has 0 amide bonds. The topological polar surface area (TPSA) is 55.5 Å². The van der Waals surface area contributed by atoms with Crippen LogP contribution in [0.4, 0.5) is 10.8 Å². The zero-order chi connectivity index (χ0) is 19.6. The molecule has 0 saturated heterocycles. The highest BCUT2D eigenvalue weighted by Crippen LogP contribution is 2.32.